The van der Waals surface area contributed by atoms with Gasteiger partial charge in [-0.1, -0.05) is 0 Å². The Balaban J connectivity index is 1.48. The van der Waals surface area contributed by atoms with E-state index in [0.717, 1.165) is 56.6 Å². The fourth-order valence-corrected chi connectivity index (χ4v) is 3.05. The maximum Gasteiger partial charge on any atom is 0.193 e. The molecule has 2 heterocycles. The number of rotatable bonds is 5. The predicted molar refractivity (Wildman–Crippen MR) is 101 cm³/mol. The fourth-order valence-electron chi connectivity index (χ4n) is 3.05. The van der Waals surface area contributed by atoms with E-state index in [1.807, 2.05) is 31.3 Å². The second-order valence-electron chi connectivity index (χ2n) is 5.98. The Labute approximate surface area is 149 Å². The summed E-state index contributed by atoms with van der Waals surface area (Å²) >= 11 is 0. The number of furan rings is 1. The lowest BCUT2D eigenvalue weighted by molar-refractivity contribution is 0.372. The Morgan fingerprint density at radius 2 is 1.92 bits per heavy atom. The molecule has 134 valence electrons. The monoisotopic (exact) mass is 342 g/mol. The molecule has 1 aromatic carbocycles. The maximum atomic E-state index is 5.36. The average molecular weight is 342 g/mol. The highest BCUT2D eigenvalue weighted by atomic mass is 16.5. The molecule has 6 nitrogen and oxygen atoms in total. The van der Waals surface area contributed by atoms with E-state index in [0.29, 0.717) is 0 Å². The Morgan fingerprint density at radius 1 is 1.16 bits per heavy atom. The number of nitrogens with zero attached hydrogens (tertiary/aromatic N) is 3. The summed E-state index contributed by atoms with van der Waals surface area (Å²) in [6.45, 7) is 4.67. The molecule has 0 aliphatic carbocycles. The molecule has 6 heteroatoms. The van der Waals surface area contributed by atoms with Crippen molar-refractivity contribution in [2.24, 2.45) is 4.99 Å². The van der Waals surface area contributed by atoms with Crippen LogP contribution in [-0.2, 0) is 6.42 Å². The summed E-state index contributed by atoms with van der Waals surface area (Å²) in [5.74, 6) is 2.84. The van der Waals surface area contributed by atoms with E-state index >= 15 is 0 Å². The van der Waals surface area contributed by atoms with Crippen LogP contribution in [0.5, 0.6) is 5.75 Å². The van der Waals surface area contributed by atoms with Crippen LogP contribution in [0.15, 0.2) is 52.1 Å². The van der Waals surface area contributed by atoms with Gasteiger partial charge in [-0.3, -0.25) is 4.99 Å². The summed E-state index contributed by atoms with van der Waals surface area (Å²) < 4.78 is 10.6. The molecule has 1 aromatic heterocycles. The first-order valence-corrected chi connectivity index (χ1v) is 8.67. The minimum absolute atomic E-state index is 0.818. The molecule has 3 rings (SSSR count). The van der Waals surface area contributed by atoms with Crippen molar-refractivity contribution in [2.75, 3.05) is 51.8 Å². The standard InChI is InChI=1S/C19H26N4O2/c1-20-19(21-10-9-18-4-3-15-25-18)23-13-11-22(12-14-23)16-5-7-17(24-2)8-6-16/h3-8,15H,9-14H2,1-2H3,(H,20,21). The van der Waals surface area contributed by atoms with Crippen molar-refractivity contribution in [1.29, 1.82) is 0 Å². The lowest BCUT2D eigenvalue weighted by atomic mass is 10.2. The van der Waals surface area contributed by atoms with Gasteiger partial charge in [-0.05, 0) is 36.4 Å². The molecule has 25 heavy (non-hydrogen) atoms. The zero-order valence-electron chi connectivity index (χ0n) is 14.9. The van der Waals surface area contributed by atoms with Crippen molar-refractivity contribution in [2.45, 2.75) is 6.42 Å². The van der Waals surface area contributed by atoms with Crippen LogP contribution in [-0.4, -0.2) is 57.7 Å². The number of guanidine groups is 1. The van der Waals surface area contributed by atoms with Crippen molar-refractivity contribution in [3.05, 3.63) is 48.4 Å². The maximum absolute atomic E-state index is 5.36. The smallest absolute Gasteiger partial charge is 0.193 e. The number of piperazine rings is 1. The molecule has 0 unspecified atom stereocenters. The van der Waals surface area contributed by atoms with Crippen molar-refractivity contribution in [1.82, 2.24) is 10.2 Å². The number of methoxy groups -OCH3 is 1. The van der Waals surface area contributed by atoms with Gasteiger partial charge in [0.2, 0.25) is 0 Å². The molecule has 1 fully saturated rings. The first kappa shape index (κ1) is 17.2. The van der Waals surface area contributed by atoms with Crippen LogP contribution in [0.25, 0.3) is 0 Å². The van der Waals surface area contributed by atoms with Gasteiger partial charge in [-0.15, -0.1) is 0 Å². The molecule has 0 radical (unpaired) electrons. The minimum Gasteiger partial charge on any atom is -0.497 e. The quantitative estimate of drug-likeness (QED) is 0.667. The van der Waals surface area contributed by atoms with Crippen LogP contribution in [0.3, 0.4) is 0 Å². The minimum atomic E-state index is 0.818. The number of anilines is 1. The van der Waals surface area contributed by atoms with Crippen LogP contribution in [0.2, 0.25) is 0 Å². The second kappa shape index (κ2) is 8.46. The number of benzene rings is 1. The summed E-state index contributed by atoms with van der Waals surface area (Å²) in [5, 5.41) is 3.43. The van der Waals surface area contributed by atoms with Gasteiger partial charge in [0.15, 0.2) is 5.96 Å². The van der Waals surface area contributed by atoms with Crippen LogP contribution >= 0.6 is 0 Å². The normalized spacial score (nSPS) is 15.4. The van der Waals surface area contributed by atoms with Crippen LogP contribution in [0.1, 0.15) is 5.76 Å². The third-order valence-corrected chi connectivity index (χ3v) is 4.46. The molecule has 0 amide bonds. The summed E-state index contributed by atoms with van der Waals surface area (Å²) in [4.78, 5) is 9.12. The molecule has 0 bridgehead atoms. The molecule has 0 spiro atoms. The first-order valence-electron chi connectivity index (χ1n) is 8.67. The second-order valence-corrected chi connectivity index (χ2v) is 5.98. The molecule has 1 saturated heterocycles. The van der Waals surface area contributed by atoms with Gasteiger partial charge in [0.05, 0.1) is 13.4 Å². The lowest BCUT2D eigenvalue weighted by Crippen LogP contribution is -2.52. The number of ether oxygens (including phenoxy) is 1. The van der Waals surface area contributed by atoms with Crippen molar-refractivity contribution in [3.63, 3.8) is 0 Å². The van der Waals surface area contributed by atoms with Gasteiger partial charge in [-0.25, -0.2) is 0 Å². The van der Waals surface area contributed by atoms with Crippen LogP contribution < -0.4 is 15.0 Å². The van der Waals surface area contributed by atoms with E-state index in [1.165, 1.54) is 5.69 Å². The van der Waals surface area contributed by atoms with E-state index in [-0.39, 0.29) is 0 Å². The number of hydrogen-bond acceptors (Lipinski definition) is 4. The first-order chi connectivity index (χ1) is 12.3. The topological polar surface area (TPSA) is 53.2 Å². The van der Waals surface area contributed by atoms with Crippen molar-refractivity contribution in [3.8, 4) is 5.75 Å². The number of nitrogens with one attached hydrogen (secondary N) is 1. The van der Waals surface area contributed by atoms with E-state index in [9.17, 15) is 0 Å². The zero-order valence-corrected chi connectivity index (χ0v) is 14.9. The lowest BCUT2D eigenvalue weighted by Gasteiger charge is -2.37. The predicted octanol–water partition coefficient (Wildman–Crippen LogP) is 2.23. The zero-order chi connectivity index (χ0) is 17.5. The van der Waals surface area contributed by atoms with Gasteiger partial charge in [0.1, 0.15) is 11.5 Å². The molecular formula is C19H26N4O2. The van der Waals surface area contributed by atoms with Crippen LogP contribution in [0, 0.1) is 0 Å². The summed E-state index contributed by atoms with van der Waals surface area (Å²) in [7, 11) is 3.53. The van der Waals surface area contributed by atoms with Gasteiger partial charge >= 0.3 is 0 Å². The molecule has 1 aliphatic heterocycles. The van der Waals surface area contributed by atoms with Crippen LogP contribution in [0.4, 0.5) is 5.69 Å². The van der Waals surface area contributed by atoms with E-state index in [2.05, 4.69) is 32.2 Å². The van der Waals surface area contributed by atoms with Crippen molar-refractivity contribution >= 4 is 11.6 Å². The molecule has 2 aromatic rings. The number of aliphatic imine (C=N–C) groups is 1. The summed E-state index contributed by atoms with van der Waals surface area (Å²) in [6, 6.07) is 12.2. The van der Waals surface area contributed by atoms with E-state index in [1.54, 1.807) is 13.4 Å². The third kappa shape index (κ3) is 4.47. The highest BCUT2D eigenvalue weighted by Crippen LogP contribution is 2.20. The SMILES string of the molecule is CN=C(NCCc1ccco1)N1CCN(c2ccc(OC)cc2)CC1. The van der Waals surface area contributed by atoms with Gasteiger partial charge in [0, 0.05) is 51.9 Å². The Kier molecular flexibility index (Phi) is 5.82. The van der Waals surface area contributed by atoms with Gasteiger partial charge in [0.25, 0.3) is 0 Å². The summed E-state index contributed by atoms with van der Waals surface area (Å²) in [5.41, 5.74) is 1.24. The molecule has 1 aliphatic rings. The van der Waals surface area contributed by atoms with Crippen molar-refractivity contribution < 1.29 is 9.15 Å². The largest absolute Gasteiger partial charge is 0.497 e. The van der Waals surface area contributed by atoms with E-state index < -0.39 is 0 Å². The van der Waals surface area contributed by atoms with E-state index in [4.69, 9.17) is 9.15 Å². The number of hydrogen-bond donors (Lipinski definition) is 1. The molecule has 1 N–H and O–H groups in total. The molecule has 0 saturated carbocycles. The fraction of sp³-hybridized carbons (Fsp3) is 0.421. The molecular weight excluding hydrogens is 316 g/mol. The Morgan fingerprint density at radius 3 is 2.52 bits per heavy atom. The summed E-state index contributed by atoms with van der Waals surface area (Å²) in [6.07, 6.45) is 2.57. The average Bonchev–Trinajstić information content (AvgIpc) is 3.19. The molecule has 0 atom stereocenters. The van der Waals surface area contributed by atoms with Gasteiger partial charge in [-0.2, -0.15) is 0 Å². The Hall–Kier alpha value is -2.63. The highest BCUT2D eigenvalue weighted by molar-refractivity contribution is 5.80. The van der Waals surface area contributed by atoms with Gasteiger partial charge < -0.3 is 24.3 Å². The third-order valence-electron chi connectivity index (χ3n) is 4.46. The Bertz CT molecular complexity index is 659. The highest BCUT2D eigenvalue weighted by Gasteiger charge is 2.19.